The van der Waals surface area contributed by atoms with Crippen molar-refractivity contribution in [2.24, 2.45) is 5.92 Å². The van der Waals surface area contributed by atoms with E-state index >= 15 is 0 Å². The summed E-state index contributed by atoms with van der Waals surface area (Å²) in [7, 11) is 0. The standard InChI is InChI=1S/C15H30N2O3/c1-4-5-6-7-8-9-10-11-16-15(20)17-13(12(2)3)14(18)19/h12-13H,4-11H2,1-3H3,(H,18,19)(H2,16,17,20). The van der Waals surface area contributed by atoms with Crippen LogP contribution >= 0.6 is 0 Å². The van der Waals surface area contributed by atoms with Gasteiger partial charge in [0.1, 0.15) is 6.04 Å². The fourth-order valence-electron chi connectivity index (χ4n) is 1.99. The molecule has 0 aromatic carbocycles. The van der Waals surface area contributed by atoms with Crippen molar-refractivity contribution in [3.8, 4) is 0 Å². The SMILES string of the molecule is CCCCCCCCCNC(=O)NC(C(=O)O)C(C)C. The summed E-state index contributed by atoms with van der Waals surface area (Å²) in [4.78, 5) is 22.5. The van der Waals surface area contributed by atoms with Crippen molar-refractivity contribution in [2.75, 3.05) is 6.54 Å². The molecule has 2 amide bonds. The maximum atomic E-state index is 11.6. The Labute approximate surface area is 122 Å². The summed E-state index contributed by atoms with van der Waals surface area (Å²) >= 11 is 0. The monoisotopic (exact) mass is 286 g/mol. The molecule has 20 heavy (non-hydrogen) atoms. The molecular weight excluding hydrogens is 256 g/mol. The van der Waals surface area contributed by atoms with Gasteiger partial charge in [0.15, 0.2) is 0 Å². The minimum Gasteiger partial charge on any atom is -0.480 e. The molecule has 0 bridgehead atoms. The first-order valence-corrected chi connectivity index (χ1v) is 7.76. The number of carboxylic acid groups (broad SMARTS) is 1. The van der Waals surface area contributed by atoms with Gasteiger partial charge in [-0.3, -0.25) is 0 Å². The van der Waals surface area contributed by atoms with E-state index in [9.17, 15) is 9.59 Å². The average molecular weight is 286 g/mol. The Bertz CT molecular complexity index is 280. The Morgan fingerprint density at radius 3 is 2.05 bits per heavy atom. The van der Waals surface area contributed by atoms with E-state index in [4.69, 9.17) is 5.11 Å². The number of carboxylic acids is 1. The average Bonchev–Trinajstić information content (AvgIpc) is 2.38. The second kappa shape index (κ2) is 11.6. The Kier molecular flexibility index (Phi) is 10.8. The highest BCUT2D eigenvalue weighted by molar-refractivity contribution is 5.82. The predicted molar refractivity (Wildman–Crippen MR) is 80.8 cm³/mol. The van der Waals surface area contributed by atoms with Gasteiger partial charge in [0.2, 0.25) is 0 Å². The maximum Gasteiger partial charge on any atom is 0.326 e. The number of carbonyl (C=O) groups is 2. The number of hydrogen-bond acceptors (Lipinski definition) is 2. The fourth-order valence-corrected chi connectivity index (χ4v) is 1.99. The zero-order valence-corrected chi connectivity index (χ0v) is 13.1. The van der Waals surface area contributed by atoms with Crippen LogP contribution in [0.5, 0.6) is 0 Å². The third kappa shape index (κ3) is 9.64. The highest BCUT2D eigenvalue weighted by Gasteiger charge is 2.22. The van der Waals surface area contributed by atoms with Crippen LogP contribution in [0.4, 0.5) is 4.79 Å². The molecule has 0 aliphatic rings. The van der Waals surface area contributed by atoms with Crippen LogP contribution in [0.1, 0.15) is 65.7 Å². The first-order valence-electron chi connectivity index (χ1n) is 7.76. The smallest absolute Gasteiger partial charge is 0.326 e. The topological polar surface area (TPSA) is 78.4 Å². The third-order valence-electron chi connectivity index (χ3n) is 3.29. The number of urea groups is 1. The second-order valence-electron chi connectivity index (χ2n) is 5.58. The van der Waals surface area contributed by atoms with Gasteiger partial charge < -0.3 is 15.7 Å². The number of hydrogen-bond donors (Lipinski definition) is 3. The molecular formula is C15H30N2O3. The summed E-state index contributed by atoms with van der Waals surface area (Å²) in [6.45, 7) is 6.35. The normalized spacial score (nSPS) is 12.2. The molecule has 0 aliphatic carbocycles. The van der Waals surface area contributed by atoms with Crippen LogP contribution < -0.4 is 10.6 Å². The molecule has 0 fully saturated rings. The van der Waals surface area contributed by atoms with Crippen LogP contribution in [0.3, 0.4) is 0 Å². The second-order valence-corrected chi connectivity index (χ2v) is 5.58. The number of rotatable bonds is 11. The van der Waals surface area contributed by atoms with E-state index in [-0.39, 0.29) is 5.92 Å². The fraction of sp³-hybridized carbons (Fsp3) is 0.867. The molecule has 118 valence electrons. The lowest BCUT2D eigenvalue weighted by molar-refractivity contribution is -0.140. The van der Waals surface area contributed by atoms with Gasteiger partial charge in [-0.2, -0.15) is 0 Å². The van der Waals surface area contributed by atoms with Crippen LogP contribution in [0, 0.1) is 5.92 Å². The lowest BCUT2D eigenvalue weighted by Gasteiger charge is -2.18. The number of amides is 2. The van der Waals surface area contributed by atoms with Crippen molar-refractivity contribution < 1.29 is 14.7 Å². The van der Waals surface area contributed by atoms with Crippen LogP contribution in [-0.4, -0.2) is 29.7 Å². The summed E-state index contributed by atoms with van der Waals surface area (Å²) in [6.07, 6.45) is 8.35. The molecule has 0 aliphatic heterocycles. The van der Waals surface area contributed by atoms with Crippen LogP contribution in [-0.2, 0) is 4.79 Å². The van der Waals surface area contributed by atoms with Gasteiger partial charge in [-0.1, -0.05) is 59.3 Å². The highest BCUT2D eigenvalue weighted by Crippen LogP contribution is 2.06. The van der Waals surface area contributed by atoms with Crippen molar-refractivity contribution in [1.82, 2.24) is 10.6 Å². The predicted octanol–water partition coefficient (Wildman–Crippen LogP) is 3.15. The number of nitrogens with one attached hydrogen (secondary N) is 2. The van der Waals surface area contributed by atoms with Gasteiger partial charge >= 0.3 is 12.0 Å². The molecule has 0 spiro atoms. The van der Waals surface area contributed by atoms with Crippen LogP contribution in [0.25, 0.3) is 0 Å². The molecule has 3 N–H and O–H groups in total. The number of aliphatic carboxylic acids is 1. The summed E-state index contributed by atoms with van der Waals surface area (Å²) in [5.74, 6) is -1.12. The lowest BCUT2D eigenvalue weighted by atomic mass is 10.1. The maximum absolute atomic E-state index is 11.6. The van der Waals surface area contributed by atoms with E-state index in [1.54, 1.807) is 13.8 Å². The number of unbranched alkanes of at least 4 members (excludes halogenated alkanes) is 6. The summed E-state index contributed by atoms with van der Waals surface area (Å²) < 4.78 is 0. The third-order valence-corrected chi connectivity index (χ3v) is 3.29. The molecule has 1 atom stereocenters. The summed E-state index contributed by atoms with van der Waals surface area (Å²) in [5, 5.41) is 14.2. The zero-order chi connectivity index (χ0) is 15.4. The van der Waals surface area contributed by atoms with Crippen molar-refractivity contribution in [3.05, 3.63) is 0 Å². The van der Waals surface area contributed by atoms with E-state index in [1.807, 2.05) is 0 Å². The van der Waals surface area contributed by atoms with Crippen molar-refractivity contribution in [2.45, 2.75) is 71.8 Å². The molecule has 0 aromatic rings. The molecule has 0 radical (unpaired) electrons. The van der Waals surface area contributed by atoms with Gasteiger partial charge in [0, 0.05) is 6.54 Å². The van der Waals surface area contributed by atoms with Gasteiger partial charge in [0.25, 0.3) is 0 Å². The molecule has 1 unspecified atom stereocenters. The molecule has 5 nitrogen and oxygen atoms in total. The Hall–Kier alpha value is -1.26. The van der Waals surface area contributed by atoms with Gasteiger partial charge in [-0.05, 0) is 12.3 Å². The highest BCUT2D eigenvalue weighted by atomic mass is 16.4. The van der Waals surface area contributed by atoms with Crippen molar-refractivity contribution in [1.29, 1.82) is 0 Å². The van der Waals surface area contributed by atoms with Crippen molar-refractivity contribution in [3.63, 3.8) is 0 Å². The van der Waals surface area contributed by atoms with E-state index in [1.165, 1.54) is 32.1 Å². The quantitative estimate of drug-likeness (QED) is 0.510. The Morgan fingerprint density at radius 2 is 1.55 bits per heavy atom. The van der Waals surface area contributed by atoms with Gasteiger partial charge in [0.05, 0.1) is 0 Å². The molecule has 0 saturated heterocycles. The Balaban J connectivity index is 3.60. The van der Waals surface area contributed by atoms with E-state index in [0.717, 1.165) is 12.8 Å². The Morgan fingerprint density at radius 1 is 1.00 bits per heavy atom. The van der Waals surface area contributed by atoms with E-state index < -0.39 is 18.0 Å². The minimum atomic E-state index is -0.994. The van der Waals surface area contributed by atoms with Gasteiger partial charge in [-0.15, -0.1) is 0 Å². The molecule has 5 heteroatoms. The summed E-state index contributed by atoms with van der Waals surface area (Å²) in [6, 6.07) is -1.22. The minimum absolute atomic E-state index is 0.128. The largest absolute Gasteiger partial charge is 0.480 e. The summed E-state index contributed by atoms with van der Waals surface area (Å²) in [5.41, 5.74) is 0. The van der Waals surface area contributed by atoms with Crippen LogP contribution in [0.2, 0.25) is 0 Å². The molecule has 0 saturated carbocycles. The van der Waals surface area contributed by atoms with Gasteiger partial charge in [-0.25, -0.2) is 9.59 Å². The molecule has 0 heterocycles. The van der Waals surface area contributed by atoms with Crippen molar-refractivity contribution >= 4 is 12.0 Å². The van der Waals surface area contributed by atoms with Crippen LogP contribution in [0.15, 0.2) is 0 Å². The first kappa shape index (κ1) is 18.7. The molecule has 0 aromatic heterocycles. The van der Waals surface area contributed by atoms with E-state index in [0.29, 0.717) is 6.54 Å². The zero-order valence-electron chi connectivity index (χ0n) is 13.1. The number of carbonyl (C=O) groups excluding carboxylic acids is 1. The molecule has 0 rings (SSSR count). The van der Waals surface area contributed by atoms with E-state index in [2.05, 4.69) is 17.6 Å². The lowest BCUT2D eigenvalue weighted by Crippen LogP contribution is -2.48. The first-order chi connectivity index (χ1) is 9.49.